The molecule has 4 unspecified atom stereocenters. The lowest BCUT2D eigenvalue weighted by atomic mass is 9.79. The second-order valence-corrected chi connectivity index (χ2v) is 17.1. The number of rotatable bonds is 15. The molecule has 3 fully saturated rings. The number of benzene rings is 4. The van der Waals surface area contributed by atoms with E-state index in [-0.39, 0.29) is 23.5 Å². The molecule has 4 aromatic carbocycles. The molecule has 60 heavy (non-hydrogen) atoms. The van der Waals surface area contributed by atoms with Crippen molar-refractivity contribution >= 4 is 15.8 Å². The predicted molar refractivity (Wildman–Crippen MR) is 213 cm³/mol. The Morgan fingerprint density at radius 3 is 1.97 bits per heavy atom. The Kier molecular flexibility index (Phi) is 13.9. The van der Waals surface area contributed by atoms with Gasteiger partial charge in [-0.25, -0.2) is 4.39 Å². The molecule has 0 aliphatic carbocycles. The van der Waals surface area contributed by atoms with Crippen LogP contribution in [-0.2, 0) is 24.3 Å². The Balaban J connectivity index is 0.969. The van der Waals surface area contributed by atoms with Gasteiger partial charge in [0, 0.05) is 18.2 Å². The topological polar surface area (TPSA) is 236 Å². The largest absolute Gasteiger partial charge is 0.394 e. The van der Waals surface area contributed by atoms with Crippen molar-refractivity contribution in [3.8, 4) is 16.9 Å². The van der Waals surface area contributed by atoms with Crippen molar-refractivity contribution in [1.29, 1.82) is 0 Å². The molecule has 17 heteroatoms. The van der Waals surface area contributed by atoms with Crippen LogP contribution in [0, 0.1) is 11.7 Å². The maximum absolute atomic E-state index is 13.4. The molecule has 13 atom stereocenters. The molecule has 3 aliphatic rings. The number of nitrogens with zero attached hydrogens (tertiary/aromatic N) is 1. The molecule has 0 saturated carbocycles. The van der Waals surface area contributed by atoms with E-state index in [1.807, 2.05) is 30.3 Å². The van der Waals surface area contributed by atoms with Crippen LogP contribution in [0.4, 0.5) is 10.1 Å². The van der Waals surface area contributed by atoms with Gasteiger partial charge in [-0.3, -0.25) is 0 Å². The lowest BCUT2D eigenvalue weighted by Crippen LogP contribution is -2.65. The molecular weight excluding hydrogens is 806 g/mol. The average molecular weight is 856 g/mol. The predicted octanol–water partition coefficient (Wildman–Crippen LogP) is 1.56. The Bertz CT molecular complexity index is 2100. The first kappa shape index (κ1) is 44.0. The minimum Gasteiger partial charge on any atom is -0.394 e. The maximum Gasteiger partial charge on any atom is 0.311 e. The number of hydrogen-bond acceptors (Lipinski definition) is 15. The molecule has 0 bridgehead atoms. The molecule has 0 radical (unpaired) electrons. The summed E-state index contributed by atoms with van der Waals surface area (Å²) in [5.74, 6) is -1.04. The molecule has 0 amide bonds. The highest BCUT2D eigenvalue weighted by Gasteiger charge is 2.51. The lowest BCUT2D eigenvalue weighted by molar-refractivity contribution is -0.341. The monoisotopic (exact) mass is 855 g/mol. The Hall–Kier alpha value is -4.08. The number of aliphatic hydroxyl groups is 8. The quantitative estimate of drug-likeness (QED) is 0.0793. The summed E-state index contributed by atoms with van der Waals surface area (Å²) in [6.45, 7) is -0.754. The minimum absolute atomic E-state index is 0.0256. The average Bonchev–Trinajstić information content (AvgIpc) is 3.24. The second-order valence-electron chi connectivity index (χ2n) is 15.5. The molecule has 8 N–H and O–H groups in total. The van der Waals surface area contributed by atoms with Crippen molar-refractivity contribution in [2.75, 3.05) is 30.4 Å². The van der Waals surface area contributed by atoms with Crippen LogP contribution in [0.3, 0.4) is 0 Å². The van der Waals surface area contributed by atoms with Gasteiger partial charge >= 0.3 is 10.1 Å². The Morgan fingerprint density at radius 2 is 1.33 bits per heavy atom. The SMILES string of the molecule is O=S(=O)(C[C@@H]1OC(CO)[C@H](O[C@@H]2OC(CO)[C@H](O)[C@H](O)C2O)[C@H](O)C1O)Oc1ccc(-c2ccc([C@@H]3[C@@H](CC[C@H](O)c4ccc(F)cc4)CN3c3ccccc3)cc2)cc1. The summed E-state index contributed by atoms with van der Waals surface area (Å²) < 4.78 is 61.5. The summed E-state index contributed by atoms with van der Waals surface area (Å²) in [7, 11) is -4.46. The van der Waals surface area contributed by atoms with E-state index >= 15 is 0 Å². The van der Waals surface area contributed by atoms with Crippen LogP contribution < -0.4 is 9.08 Å². The van der Waals surface area contributed by atoms with Crippen LogP contribution in [0.5, 0.6) is 5.75 Å². The van der Waals surface area contributed by atoms with Crippen molar-refractivity contribution in [3.63, 3.8) is 0 Å². The summed E-state index contributed by atoms with van der Waals surface area (Å²) in [5.41, 5.74) is 4.51. The van der Waals surface area contributed by atoms with E-state index < -0.39 is 96.4 Å². The van der Waals surface area contributed by atoms with Crippen LogP contribution in [0.15, 0.2) is 103 Å². The normalized spacial score (nSPS) is 31.3. The molecule has 7 rings (SSSR count). The summed E-state index contributed by atoms with van der Waals surface area (Å²) >= 11 is 0. The number of para-hydroxylation sites is 1. The molecular formula is C43H50FNO14S. The van der Waals surface area contributed by atoms with Gasteiger partial charge in [0.25, 0.3) is 0 Å². The van der Waals surface area contributed by atoms with Gasteiger partial charge in [-0.2, -0.15) is 8.42 Å². The third-order valence-corrected chi connectivity index (χ3v) is 12.7. The van der Waals surface area contributed by atoms with Crippen LogP contribution in [0.1, 0.15) is 36.1 Å². The number of aliphatic hydroxyl groups excluding tert-OH is 8. The van der Waals surface area contributed by atoms with E-state index in [4.69, 9.17) is 18.4 Å². The Morgan fingerprint density at radius 1 is 0.717 bits per heavy atom. The summed E-state index contributed by atoms with van der Waals surface area (Å²) in [4.78, 5) is 2.33. The highest BCUT2D eigenvalue weighted by atomic mass is 32.2. The van der Waals surface area contributed by atoms with E-state index in [1.165, 1.54) is 24.3 Å². The zero-order chi connectivity index (χ0) is 42.7. The van der Waals surface area contributed by atoms with Crippen molar-refractivity contribution in [3.05, 3.63) is 120 Å². The van der Waals surface area contributed by atoms with Crippen molar-refractivity contribution in [2.45, 2.75) is 86.2 Å². The van der Waals surface area contributed by atoms with Crippen molar-refractivity contribution in [2.24, 2.45) is 5.92 Å². The first-order chi connectivity index (χ1) is 28.8. The van der Waals surface area contributed by atoms with Gasteiger partial charge in [0.05, 0.1) is 25.4 Å². The standard InChI is InChI=1S/C43H50FNO14S/c44-29-15-10-26(11-16-29)32(48)19-14-28-20-45(30-4-2-1-3-5-30)36(28)27-8-6-24(7-9-27)25-12-17-31(18-13-25)59-60(54,55)23-35-38(50)40(52)42(34(22-47)56-35)58-43-41(53)39(51)37(49)33(21-46)57-43/h1-13,15-18,28,32-43,46-53H,14,19-23H2/t28-,32-,33?,34?,35-,36+,37-,38?,39-,40+,41?,42-,43-/m0/s1. The third-order valence-electron chi connectivity index (χ3n) is 11.5. The fourth-order valence-corrected chi connectivity index (χ4v) is 9.31. The zero-order valence-corrected chi connectivity index (χ0v) is 33.1. The van der Waals surface area contributed by atoms with Gasteiger partial charge in [0.1, 0.15) is 72.3 Å². The fourth-order valence-electron chi connectivity index (χ4n) is 8.15. The van der Waals surface area contributed by atoms with Gasteiger partial charge in [0.15, 0.2) is 6.29 Å². The minimum atomic E-state index is -4.46. The van der Waals surface area contributed by atoms with Crippen LogP contribution in [0.2, 0.25) is 0 Å². The lowest BCUT2D eigenvalue weighted by Gasteiger charge is -2.50. The molecule has 3 aliphatic heterocycles. The van der Waals surface area contributed by atoms with Crippen molar-refractivity contribution in [1.82, 2.24) is 0 Å². The summed E-state index contributed by atoms with van der Waals surface area (Å²) in [6, 6.07) is 30.4. The van der Waals surface area contributed by atoms with E-state index in [9.17, 15) is 53.7 Å². The number of hydrogen-bond donors (Lipinski definition) is 8. The van der Waals surface area contributed by atoms with Gasteiger partial charge in [0.2, 0.25) is 0 Å². The molecule has 0 aromatic heterocycles. The summed E-state index contributed by atoms with van der Waals surface area (Å²) in [6.07, 6.45) is -16.1. The third kappa shape index (κ3) is 9.68. The van der Waals surface area contributed by atoms with Crippen LogP contribution >= 0.6 is 0 Å². The first-order valence-corrected chi connectivity index (χ1v) is 21.3. The number of anilines is 1. The van der Waals surface area contributed by atoms with E-state index in [1.54, 1.807) is 24.3 Å². The smallest absolute Gasteiger partial charge is 0.311 e. The molecule has 3 saturated heterocycles. The Labute approximate surface area is 346 Å². The van der Waals surface area contributed by atoms with Crippen molar-refractivity contribution < 1.29 is 72.1 Å². The highest BCUT2D eigenvalue weighted by molar-refractivity contribution is 7.87. The fraction of sp³-hybridized carbons (Fsp3) is 0.442. The molecule has 4 aromatic rings. The summed E-state index contributed by atoms with van der Waals surface area (Å²) in [5, 5.41) is 82.5. The van der Waals surface area contributed by atoms with Gasteiger partial charge < -0.3 is 64.1 Å². The first-order valence-electron chi connectivity index (χ1n) is 19.7. The number of ether oxygens (including phenoxy) is 3. The van der Waals surface area contributed by atoms with E-state index in [0.29, 0.717) is 12.0 Å². The van der Waals surface area contributed by atoms with Crippen LogP contribution in [0.25, 0.3) is 11.1 Å². The van der Waals surface area contributed by atoms with Crippen LogP contribution in [-0.4, -0.2) is 136 Å². The maximum atomic E-state index is 13.4. The zero-order valence-electron chi connectivity index (χ0n) is 32.3. The second kappa shape index (κ2) is 18.9. The van der Waals surface area contributed by atoms with E-state index in [2.05, 4.69) is 29.2 Å². The number of halogens is 1. The molecule has 324 valence electrons. The van der Waals surface area contributed by atoms with E-state index in [0.717, 1.165) is 35.3 Å². The van der Waals surface area contributed by atoms with Gasteiger partial charge in [-0.05, 0) is 71.5 Å². The molecule has 0 spiro atoms. The highest BCUT2D eigenvalue weighted by Crippen LogP contribution is 2.45. The molecule has 3 heterocycles. The molecule has 15 nitrogen and oxygen atoms in total. The van der Waals surface area contributed by atoms with Gasteiger partial charge in [-0.1, -0.05) is 66.7 Å². The van der Waals surface area contributed by atoms with Gasteiger partial charge in [-0.15, -0.1) is 0 Å².